The summed E-state index contributed by atoms with van der Waals surface area (Å²) in [7, 11) is 4.37. The third-order valence-electron chi connectivity index (χ3n) is 4.18. The molecule has 9 heteroatoms. The Morgan fingerprint density at radius 2 is 1.52 bits per heavy atom. The first-order valence-corrected chi connectivity index (χ1v) is 8.74. The monoisotopic (exact) mass is 416 g/mol. The summed E-state index contributed by atoms with van der Waals surface area (Å²) >= 11 is 5.86. The molecule has 3 rings (SSSR count). The predicted octanol–water partition coefficient (Wildman–Crippen LogP) is 3.03. The van der Waals surface area contributed by atoms with E-state index in [-0.39, 0.29) is 11.3 Å². The molecule has 1 saturated heterocycles. The molecule has 1 N–H and O–H groups in total. The number of rotatable bonds is 5. The van der Waals surface area contributed by atoms with Gasteiger partial charge < -0.3 is 14.2 Å². The highest BCUT2D eigenvalue weighted by Gasteiger charge is 2.36. The van der Waals surface area contributed by atoms with Crippen molar-refractivity contribution in [1.82, 2.24) is 5.32 Å². The third kappa shape index (κ3) is 3.88. The molecule has 0 radical (unpaired) electrons. The van der Waals surface area contributed by atoms with E-state index in [1.807, 2.05) is 0 Å². The van der Waals surface area contributed by atoms with Crippen LogP contribution in [0.15, 0.2) is 42.0 Å². The van der Waals surface area contributed by atoms with Crippen LogP contribution in [0.1, 0.15) is 5.56 Å². The lowest BCUT2D eigenvalue weighted by Gasteiger charge is -2.26. The standard InChI is InChI=1S/C20H17ClN2O6/c1-27-15-9-11(10-16(28-2)17(15)29-3)8-14-18(24)22-20(26)23(19(14)25)13-6-4-12(21)5-7-13/h4-10H,1-3H3,(H,22,24,26)/b14-8-. The first-order valence-electron chi connectivity index (χ1n) is 8.36. The van der Waals surface area contributed by atoms with Gasteiger partial charge in [0.05, 0.1) is 27.0 Å². The van der Waals surface area contributed by atoms with Crippen molar-refractivity contribution < 1.29 is 28.6 Å². The molecule has 8 nitrogen and oxygen atoms in total. The predicted molar refractivity (Wildman–Crippen MR) is 107 cm³/mol. The number of urea groups is 1. The number of barbiturate groups is 1. The Labute approximate surface area is 171 Å². The molecular weight excluding hydrogens is 400 g/mol. The van der Waals surface area contributed by atoms with Crippen LogP contribution >= 0.6 is 11.6 Å². The Balaban J connectivity index is 2.06. The molecule has 1 aliphatic heterocycles. The molecule has 0 bridgehead atoms. The van der Waals surface area contributed by atoms with Gasteiger partial charge in [0.15, 0.2) is 11.5 Å². The number of ether oxygens (including phenoxy) is 3. The molecule has 2 aromatic rings. The fourth-order valence-corrected chi connectivity index (χ4v) is 2.96. The van der Waals surface area contributed by atoms with Crippen LogP contribution < -0.4 is 24.4 Å². The lowest BCUT2D eigenvalue weighted by molar-refractivity contribution is -0.122. The minimum atomic E-state index is -0.843. The number of hydrogen-bond donors (Lipinski definition) is 1. The summed E-state index contributed by atoms with van der Waals surface area (Å²) in [5.41, 5.74) is 0.498. The first kappa shape index (κ1) is 20.2. The summed E-state index contributed by atoms with van der Waals surface area (Å²) in [5, 5.41) is 2.61. The van der Waals surface area contributed by atoms with Gasteiger partial charge in [-0.25, -0.2) is 9.69 Å². The van der Waals surface area contributed by atoms with Gasteiger partial charge in [-0.1, -0.05) is 11.6 Å². The van der Waals surface area contributed by atoms with Crippen LogP contribution in [0, 0.1) is 0 Å². The van der Waals surface area contributed by atoms with Gasteiger partial charge >= 0.3 is 6.03 Å². The van der Waals surface area contributed by atoms with Crippen LogP contribution in [-0.4, -0.2) is 39.2 Å². The molecule has 0 spiro atoms. The fourth-order valence-electron chi connectivity index (χ4n) is 2.83. The summed E-state index contributed by atoms with van der Waals surface area (Å²) in [6.07, 6.45) is 1.34. The van der Waals surface area contributed by atoms with Crippen LogP contribution in [0.3, 0.4) is 0 Å². The number of halogens is 1. The lowest BCUT2D eigenvalue weighted by atomic mass is 10.1. The van der Waals surface area contributed by atoms with Crippen molar-refractivity contribution in [2.45, 2.75) is 0 Å². The highest BCUT2D eigenvalue weighted by atomic mass is 35.5. The second-order valence-corrected chi connectivity index (χ2v) is 6.33. The molecule has 4 amide bonds. The average Bonchev–Trinajstić information content (AvgIpc) is 2.71. The van der Waals surface area contributed by atoms with Crippen molar-refractivity contribution in [3.63, 3.8) is 0 Å². The molecule has 2 aromatic carbocycles. The van der Waals surface area contributed by atoms with E-state index in [0.29, 0.717) is 27.8 Å². The molecule has 0 unspecified atom stereocenters. The second-order valence-electron chi connectivity index (χ2n) is 5.89. The van der Waals surface area contributed by atoms with Gasteiger partial charge in [-0.05, 0) is 48.0 Å². The summed E-state index contributed by atoms with van der Waals surface area (Å²) in [5.74, 6) is -0.496. The van der Waals surface area contributed by atoms with Crippen LogP contribution in [0.2, 0.25) is 5.02 Å². The van der Waals surface area contributed by atoms with Crippen molar-refractivity contribution in [2.24, 2.45) is 0 Å². The molecule has 0 aromatic heterocycles. The minimum absolute atomic E-state index is 0.228. The zero-order chi connectivity index (χ0) is 21.1. The molecular formula is C20H17ClN2O6. The SMILES string of the molecule is COc1cc(/C=C2/C(=O)NC(=O)N(c3ccc(Cl)cc3)C2=O)cc(OC)c1OC. The first-order chi connectivity index (χ1) is 13.9. The number of hydrogen-bond acceptors (Lipinski definition) is 6. The topological polar surface area (TPSA) is 94.2 Å². The van der Waals surface area contributed by atoms with E-state index >= 15 is 0 Å². The summed E-state index contributed by atoms with van der Waals surface area (Å²) in [4.78, 5) is 38.4. The quantitative estimate of drug-likeness (QED) is 0.594. The number of imide groups is 2. The number of amides is 4. The number of nitrogens with zero attached hydrogens (tertiary/aromatic N) is 1. The number of methoxy groups -OCH3 is 3. The molecule has 1 heterocycles. The average molecular weight is 417 g/mol. The molecule has 0 atom stereocenters. The van der Waals surface area contributed by atoms with E-state index in [9.17, 15) is 14.4 Å². The second kappa shape index (κ2) is 8.24. The zero-order valence-corrected chi connectivity index (χ0v) is 16.6. The van der Waals surface area contributed by atoms with Gasteiger partial charge in [0.25, 0.3) is 11.8 Å². The van der Waals surface area contributed by atoms with E-state index in [0.717, 1.165) is 4.90 Å². The van der Waals surface area contributed by atoms with Gasteiger partial charge in [-0.2, -0.15) is 0 Å². The summed E-state index contributed by atoms with van der Waals surface area (Å²) in [6, 6.07) is 8.41. The molecule has 0 saturated carbocycles. The van der Waals surface area contributed by atoms with Gasteiger partial charge in [0.1, 0.15) is 5.57 Å². The van der Waals surface area contributed by atoms with Crippen LogP contribution in [0.4, 0.5) is 10.5 Å². The van der Waals surface area contributed by atoms with Gasteiger partial charge in [-0.3, -0.25) is 14.9 Å². The van der Waals surface area contributed by atoms with E-state index in [2.05, 4.69) is 5.32 Å². The highest BCUT2D eigenvalue weighted by Crippen LogP contribution is 2.39. The normalized spacial score (nSPS) is 15.4. The minimum Gasteiger partial charge on any atom is -0.493 e. The Morgan fingerprint density at radius 3 is 2.03 bits per heavy atom. The van der Waals surface area contributed by atoms with E-state index in [1.54, 1.807) is 12.1 Å². The van der Waals surface area contributed by atoms with E-state index < -0.39 is 17.8 Å². The Morgan fingerprint density at radius 1 is 0.931 bits per heavy atom. The molecule has 1 fully saturated rings. The van der Waals surface area contributed by atoms with E-state index in [4.69, 9.17) is 25.8 Å². The maximum atomic E-state index is 12.9. The Kier molecular flexibility index (Phi) is 5.74. The number of carbonyl (C=O) groups is 3. The molecule has 0 aliphatic carbocycles. The lowest BCUT2D eigenvalue weighted by Crippen LogP contribution is -2.54. The Hall–Kier alpha value is -3.52. The fraction of sp³-hybridized carbons (Fsp3) is 0.150. The molecule has 150 valence electrons. The van der Waals surface area contributed by atoms with Gasteiger partial charge in [-0.15, -0.1) is 0 Å². The zero-order valence-electron chi connectivity index (χ0n) is 15.8. The smallest absolute Gasteiger partial charge is 0.335 e. The molecule has 1 aliphatic rings. The number of benzene rings is 2. The van der Waals surface area contributed by atoms with Crippen LogP contribution in [-0.2, 0) is 9.59 Å². The highest BCUT2D eigenvalue weighted by molar-refractivity contribution is 6.39. The number of anilines is 1. The summed E-state index contributed by atoms with van der Waals surface area (Å²) in [6.45, 7) is 0. The van der Waals surface area contributed by atoms with Crippen molar-refractivity contribution in [2.75, 3.05) is 26.2 Å². The third-order valence-corrected chi connectivity index (χ3v) is 4.44. The molecule has 29 heavy (non-hydrogen) atoms. The summed E-state index contributed by atoms with van der Waals surface area (Å²) < 4.78 is 15.8. The van der Waals surface area contributed by atoms with Gasteiger partial charge in [0.2, 0.25) is 5.75 Å². The number of carbonyl (C=O) groups excluding carboxylic acids is 3. The van der Waals surface area contributed by atoms with Crippen molar-refractivity contribution in [3.05, 3.63) is 52.6 Å². The van der Waals surface area contributed by atoms with Crippen molar-refractivity contribution >= 4 is 41.2 Å². The number of nitrogens with one attached hydrogen (secondary N) is 1. The van der Waals surface area contributed by atoms with Crippen molar-refractivity contribution in [1.29, 1.82) is 0 Å². The van der Waals surface area contributed by atoms with Crippen molar-refractivity contribution in [3.8, 4) is 17.2 Å². The van der Waals surface area contributed by atoms with Crippen LogP contribution in [0.25, 0.3) is 6.08 Å². The van der Waals surface area contributed by atoms with E-state index in [1.165, 1.54) is 51.7 Å². The Bertz CT molecular complexity index is 991. The van der Waals surface area contributed by atoms with Gasteiger partial charge in [0, 0.05) is 5.02 Å². The maximum Gasteiger partial charge on any atom is 0.335 e. The maximum absolute atomic E-state index is 12.9. The van der Waals surface area contributed by atoms with Crippen LogP contribution in [0.5, 0.6) is 17.2 Å². The largest absolute Gasteiger partial charge is 0.493 e.